The van der Waals surface area contributed by atoms with Crippen LogP contribution in [0.2, 0.25) is 0 Å². The van der Waals surface area contributed by atoms with Crippen molar-refractivity contribution in [3.63, 3.8) is 0 Å². The third-order valence-corrected chi connectivity index (χ3v) is 8.03. The standard InChI is InChI=1S/C27H33N5OS/c1-3-19-13-23-22(5-4-6-24(23)29-14-19)18(2)16-32-11-9-20(10-12-32)28-15-21-7-8-25-27(30-21)31-26(33)17-34-25/h4-8,13-14,18,20,28H,3,9-12,15-17H2,1-2H3,(H,30,31,33). The van der Waals surface area contributed by atoms with Gasteiger partial charge in [0, 0.05) is 30.7 Å². The van der Waals surface area contributed by atoms with Crippen molar-refractivity contribution in [1.29, 1.82) is 0 Å². The van der Waals surface area contributed by atoms with Gasteiger partial charge < -0.3 is 15.5 Å². The Balaban J connectivity index is 1.14. The van der Waals surface area contributed by atoms with E-state index in [-0.39, 0.29) is 5.91 Å². The van der Waals surface area contributed by atoms with Gasteiger partial charge in [-0.15, -0.1) is 11.8 Å². The van der Waals surface area contributed by atoms with Crippen LogP contribution in [0.5, 0.6) is 0 Å². The average molecular weight is 476 g/mol. The molecular formula is C27H33N5OS. The number of nitrogens with zero attached hydrogens (tertiary/aromatic N) is 3. The first-order valence-electron chi connectivity index (χ1n) is 12.3. The second kappa shape index (κ2) is 10.4. The number of rotatable bonds is 7. The first kappa shape index (κ1) is 23.3. The van der Waals surface area contributed by atoms with Crippen LogP contribution >= 0.6 is 11.8 Å². The summed E-state index contributed by atoms with van der Waals surface area (Å²) >= 11 is 1.55. The Morgan fingerprint density at radius 1 is 1.24 bits per heavy atom. The van der Waals surface area contributed by atoms with E-state index in [1.54, 1.807) is 11.8 Å². The lowest BCUT2D eigenvalue weighted by atomic mass is 9.94. The van der Waals surface area contributed by atoms with Crippen molar-refractivity contribution in [2.75, 3.05) is 30.7 Å². The van der Waals surface area contributed by atoms with Gasteiger partial charge in [0.1, 0.15) is 5.82 Å². The lowest BCUT2D eigenvalue weighted by Crippen LogP contribution is -2.43. The molecule has 0 radical (unpaired) electrons. The number of carbonyl (C=O) groups excluding carboxylic acids is 1. The zero-order valence-electron chi connectivity index (χ0n) is 20.0. The topological polar surface area (TPSA) is 70.2 Å². The second-order valence-electron chi connectivity index (χ2n) is 9.45. The number of thioether (sulfide) groups is 1. The van der Waals surface area contributed by atoms with Crippen LogP contribution in [0.25, 0.3) is 10.9 Å². The van der Waals surface area contributed by atoms with E-state index in [0.29, 0.717) is 23.5 Å². The van der Waals surface area contributed by atoms with Crippen molar-refractivity contribution in [2.45, 2.75) is 56.5 Å². The summed E-state index contributed by atoms with van der Waals surface area (Å²) in [5.74, 6) is 1.68. The summed E-state index contributed by atoms with van der Waals surface area (Å²) in [4.78, 5) is 24.6. The molecule has 1 unspecified atom stereocenters. The van der Waals surface area contributed by atoms with Crippen LogP contribution in [0.15, 0.2) is 47.5 Å². The Bertz CT molecular complexity index is 1170. The number of aromatic nitrogens is 2. The van der Waals surface area contributed by atoms with Crippen LogP contribution in [0, 0.1) is 0 Å². The lowest BCUT2D eigenvalue weighted by molar-refractivity contribution is -0.113. The minimum atomic E-state index is 0.0299. The van der Waals surface area contributed by atoms with E-state index in [2.05, 4.69) is 75.7 Å². The highest BCUT2D eigenvalue weighted by Gasteiger charge is 2.22. The molecule has 0 aliphatic carbocycles. The number of benzene rings is 1. The normalized spacial score (nSPS) is 18.0. The number of anilines is 1. The molecule has 1 atom stereocenters. The number of amides is 1. The molecule has 2 aromatic heterocycles. The van der Waals surface area contributed by atoms with Gasteiger partial charge in [0.15, 0.2) is 0 Å². The highest BCUT2D eigenvalue weighted by Crippen LogP contribution is 2.30. The van der Waals surface area contributed by atoms with Gasteiger partial charge in [0.2, 0.25) is 5.91 Å². The van der Waals surface area contributed by atoms with Gasteiger partial charge in [-0.1, -0.05) is 26.0 Å². The summed E-state index contributed by atoms with van der Waals surface area (Å²) in [5.41, 5.74) is 4.78. The molecule has 0 bridgehead atoms. The number of likely N-dealkylation sites (tertiary alicyclic amines) is 1. The van der Waals surface area contributed by atoms with Gasteiger partial charge in [0.25, 0.3) is 0 Å². The van der Waals surface area contributed by atoms with E-state index < -0.39 is 0 Å². The third-order valence-electron chi connectivity index (χ3n) is 6.98. The second-order valence-corrected chi connectivity index (χ2v) is 10.5. The molecule has 7 heteroatoms. The number of hydrogen-bond acceptors (Lipinski definition) is 6. The van der Waals surface area contributed by atoms with Gasteiger partial charge in [-0.25, -0.2) is 4.98 Å². The number of fused-ring (bicyclic) bond motifs is 2. The molecule has 1 fully saturated rings. The molecule has 1 saturated heterocycles. The summed E-state index contributed by atoms with van der Waals surface area (Å²) in [5, 5.41) is 7.87. The predicted octanol–water partition coefficient (Wildman–Crippen LogP) is 4.59. The average Bonchev–Trinajstić information content (AvgIpc) is 2.87. The van der Waals surface area contributed by atoms with Gasteiger partial charge in [0.05, 0.1) is 21.9 Å². The van der Waals surface area contributed by atoms with Gasteiger partial charge in [-0.3, -0.25) is 9.78 Å². The minimum absolute atomic E-state index is 0.0299. The fourth-order valence-electron chi connectivity index (χ4n) is 5.00. The van der Waals surface area contributed by atoms with Crippen molar-refractivity contribution in [3.8, 4) is 0 Å². The van der Waals surface area contributed by atoms with Crippen LogP contribution in [0.1, 0.15) is 49.4 Å². The van der Waals surface area contributed by atoms with Crippen LogP contribution in [0.3, 0.4) is 0 Å². The molecule has 178 valence electrons. The largest absolute Gasteiger partial charge is 0.309 e. The fraction of sp³-hybridized carbons (Fsp3) is 0.444. The van der Waals surface area contributed by atoms with Crippen LogP contribution < -0.4 is 10.6 Å². The summed E-state index contributed by atoms with van der Waals surface area (Å²) < 4.78 is 0. The van der Waals surface area contributed by atoms with Crippen molar-refractivity contribution in [2.24, 2.45) is 0 Å². The van der Waals surface area contributed by atoms with Gasteiger partial charge in [-0.05, 0) is 73.7 Å². The Morgan fingerprint density at radius 3 is 2.91 bits per heavy atom. The van der Waals surface area contributed by atoms with E-state index in [0.717, 1.165) is 61.5 Å². The maximum Gasteiger partial charge on any atom is 0.235 e. The van der Waals surface area contributed by atoms with E-state index in [1.807, 2.05) is 6.20 Å². The van der Waals surface area contributed by atoms with Crippen molar-refractivity contribution in [3.05, 3.63) is 59.4 Å². The molecular weight excluding hydrogens is 442 g/mol. The highest BCUT2D eigenvalue weighted by atomic mass is 32.2. The summed E-state index contributed by atoms with van der Waals surface area (Å²) in [6.45, 7) is 8.55. The number of aryl methyl sites for hydroxylation is 1. The van der Waals surface area contributed by atoms with Crippen LogP contribution in [0.4, 0.5) is 5.82 Å². The molecule has 1 amide bonds. The number of pyridine rings is 2. The monoisotopic (exact) mass is 475 g/mol. The van der Waals surface area contributed by atoms with E-state index in [9.17, 15) is 4.79 Å². The maximum absolute atomic E-state index is 11.6. The third kappa shape index (κ3) is 5.27. The number of nitrogens with one attached hydrogen (secondary N) is 2. The first-order chi connectivity index (χ1) is 16.6. The van der Waals surface area contributed by atoms with Crippen LogP contribution in [-0.2, 0) is 17.8 Å². The molecule has 2 aliphatic rings. The Morgan fingerprint density at radius 2 is 2.09 bits per heavy atom. The zero-order chi connectivity index (χ0) is 23.5. The SMILES string of the molecule is CCc1cnc2cccc(C(C)CN3CCC(NCc4ccc5c(n4)NC(=O)CS5)CC3)c2c1. The summed E-state index contributed by atoms with van der Waals surface area (Å²) in [6, 6.07) is 13.5. The minimum Gasteiger partial charge on any atom is -0.309 e. The zero-order valence-corrected chi connectivity index (χ0v) is 20.8. The molecule has 2 N–H and O–H groups in total. The summed E-state index contributed by atoms with van der Waals surface area (Å²) in [7, 11) is 0. The molecule has 2 aliphatic heterocycles. The van der Waals surface area contributed by atoms with Crippen LogP contribution in [-0.4, -0.2) is 52.2 Å². The van der Waals surface area contributed by atoms with Gasteiger partial charge in [-0.2, -0.15) is 0 Å². The quantitative estimate of drug-likeness (QED) is 0.521. The predicted molar refractivity (Wildman–Crippen MR) is 139 cm³/mol. The Kier molecular flexibility index (Phi) is 7.13. The number of hydrogen-bond donors (Lipinski definition) is 2. The van der Waals surface area contributed by atoms with E-state index >= 15 is 0 Å². The Labute approximate surface area is 205 Å². The molecule has 3 aromatic rings. The van der Waals surface area contributed by atoms with Crippen molar-refractivity contribution < 1.29 is 4.79 Å². The molecule has 4 heterocycles. The number of carbonyl (C=O) groups is 1. The van der Waals surface area contributed by atoms with Gasteiger partial charge >= 0.3 is 0 Å². The van der Waals surface area contributed by atoms with E-state index in [4.69, 9.17) is 0 Å². The number of piperidine rings is 1. The highest BCUT2D eigenvalue weighted by molar-refractivity contribution is 8.00. The van der Waals surface area contributed by atoms with E-state index in [1.165, 1.54) is 16.5 Å². The smallest absolute Gasteiger partial charge is 0.235 e. The molecule has 6 nitrogen and oxygen atoms in total. The Hall–Kier alpha value is -2.48. The fourth-order valence-corrected chi connectivity index (χ4v) is 5.75. The first-order valence-corrected chi connectivity index (χ1v) is 13.3. The molecule has 5 rings (SSSR count). The molecule has 0 spiro atoms. The maximum atomic E-state index is 11.6. The summed E-state index contributed by atoms with van der Waals surface area (Å²) in [6.07, 6.45) is 5.30. The van der Waals surface area contributed by atoms with Crippen molar-refractivity contribution >= 4 is 34.4 Å². The molecule has 34 heavy (non-hydrogen) atoms. The lowest BCUT2D eigenvalue weighted by Gasteiger charge is -2.34. The van der Waals surface area contributed by atoms with Crippen molar-refractivity contribution in [1.82, 2.24) is 20.2 Å². The molecule has 1 aromatic carbocycles. The molecule has 0 saturated carbocycles.